The number of amides is 1. The summed E-state index contributed by atoms with van der Waals surface area (Å²) in [5.41, 5.74) is 0. The van der Waals surface area contributed by atoms with Gasteiger partial charge in [-0.2, -0.15) is 0 Å². The fourth-order valence-corrected chi connectivity index (χ4v) is 1.98. The molecule has 0 aliphatic rings. The van der Waals surface area contributed by atoms with Crippen molar-refractivity contribution in [3.63, 3.8) is 0 Å². The highest BCUT2D eigenvalue weighted by Gasteiger charge is 2.30. The molecule has 5 heteroatoms. The Morgan fingerprint density at radius 1 is 1.31 bits per heavy atom. The quantitative estimate of drug-likeness (QED) is 0.753. The van der Waals surface area contributed by atoms with E-state index >= 15 is 0 Å². The molecule has 1 amide bonds. The summed E-state index contributed by atoms with van der Waals surface area (Å²) in [7, 11) is -1.89. The molecule has 0 aromatic heterocycles. The largest absolute Gasteiger partial charge is 0.518 e. The summed E-state index contributed by atoms with van der Waals surface area (Å²) in [6.45, 7) is 11.2. The van der Waals surface area contributed by atoms with Crippen LogP contribution in [0.4, 0.5) is 0 Å². The van der Waals surface area contributed by atoms with Gasteiger partial charge in [-0.15, -0.1) is 0 Å². The van der Waals surface area contributed by atoms with Gasteiger partial charge in [-0.1, -0.05) is 20.3 Å². The number of rotatable bonds is 5. The molecule has 0 spiro atoms. The molecule has 0 saturated heterocycles. The van der Waals surface area contributed by atoms with E-state index in [-0.39, 0.29) is 17.8 Å². The number of carbonyl (C=O) groups excluding carboxylic acids is 2. The van der Waals surface area contributed by atoms with Crippen LogP contribution in [0.25, 0.3) is 0 Å². The van der Waals surface area contributed by atoms with Gasteiger partial charge in [-0.05, 0) is 25.6 Å². The molecule has 1 N–H and O–H groups in total. The summed E-state index contributed by atoms with van der Waals surface area (Å²) < 4.78 is 5.41. The minimum atomic E-state index is -1.89. The minimum absolute atomic E-state index is 0.0905. The van der Waals surface area contributed by atoms with Crippen LogP contribution in [0.5, 0.6) is 0 Å². The van der Waals surface area contributed by atoms with Crippen molar-refractivity contribution in [2.45, 2.75) is 52.9 Å². The molecule has 16 heavy (non-hydrogen) atoms. The summed E-state index contributed by atoms with van der Waals surface area (Å²) in [5.74, 6) is -0.408. The predicted molar refractivity (Wildman–Crippen MR) is 66.5 cm³/mol. The Hall–Kier alpha value is -0.843. The van der Waals surface area contributed by atoms with Gasteiger partial charge in [0.2, 0.25) is 14.2 Å². The van der Waals surface area contributed by atoms with Crippen LogP contribution >= 0.6 is 0 Å². The van der Waals surface area contributed by atoms with Gasteiger partial charge in [-0.3, -0.25) is 9.59 Å². The molecular formula is C11H23NO3Si. The standard InChI is InChI=1S/C11H23NO3Si/c1-7-8(2)10(12-9(3)13)11(14)15-16(4,5)6/h8,10H,7H2,1-6H3,(H,12,13). The van der Waals surface area contributed by atoms with Crippen molar-refractivity contribution in [2.24, 2.45) is 5.92 Å². The summed E-state index contributed by atoms with van der Waals surface area (Å²) in [4.78, 5) is 22.9. The van der Waals surface area contributed by atoms with E-state index in [0.29, 0.717) is 0 Å². The van der Waals surface area contributed by atoms with Crippen molar-refractivity contribution in [3.8, 4) is 0 Å². The van der Waals surface area contributed by atoms with Crippen LogP contribution in [-0.2, 0) is 14.0 Å². The number of hydrogen-bond acceptors (Lipinski definition) is 3. The first kappa shape index (κ1) is 15.2. The van der Waals surface area contributed by atoms with Crippen molar-refractivity contribution in [2.75, 3.05) is 0 Å². The normalized spacial score (nSPS) is 15.1. The number of hydrogen-bond donors (Lipinski definition) is 1. The Bertz CT molecular complexity index is 260. The smallest absolute Gasteiger partial charge is 0.315 e. The monoisotopic (exact) mass is 245 g/mol. The Kier molecular flexibility index (Phi) is 5.71. The molecule has 0 aromatic rings. The van der Waals surface area contributed by atoms with Crippen LogP contribution in [0.2, 0.25) is 19.6 Å². The topological polar surface area (TPSA) is 55.4 Å². The van der Waals surface area contributed by atoms with Gasteiger partial charge in [0.25, 0.3) is 0 Å². The third kappa shape index (κ3) is 5.90. The Morgan fingerprint density at radius 2 is 1.81 bits per heavy atom. The molecule has 0 fully saturated rings. The Morgan fingerprint density at radius 3 is 2.12 bits per heavy atom. The minimum Gasteiger partial charge on any atom is -0.518 e. The molecule has 2 unspecified atom stereocenters. The Labute approximate surface area is 98.9 Å². The van der Waals surface area contributed by atoms with E-state index in [2.05, 4.69) is 5.32 Å². The fraction of sp³-hybridized carbons (Fsp3) is 0.818. The van der Waals surface area contributed by atoms with Crippen LogP contribution in [0.15, 0.2) is 0 Å². The third-order valence-electron chi connectivity index (χ3n) is 2.23. The van der Waals surface area contributed by atoms with Crippen LogP contribution in [0, 0.1) is 5.92 Å². The van der Waals surface area contributed by atoms with Gasteiger partial charge in [0.05, 0.1) is 0 Å². The molecule has 0 aliphatic carbocycles. The van der Waals surface area contributed by atoms with Crippen LogP contribution < -0.4 is 5.32 Å². The van der Waals surface area contributed by atoms with E-state index in [4.69, 9.17) is 4.43 Å². The molecule has 0 aromatic carbocycles. The zero-order valence-electron chi connectivity index (χ0n) is 11.1. The molecule has 0 bridgehead atoms. The van der Waals surface area contributed by atoms with Gasteiger partial charge in [-0.25, -0.2) is 0 Å². The summed E-state index contributed by atoms with van der Waals surface area (Å²) >= 11 is 0. The molecular weight excluding hydrogens is 222 g/mol. The second-order valence-corrected chi connectivity index (χ2v) is 9.53. The first-order valence-electron chi connectivity index (χ1n) is 5.67. The maximum absolute atomic E-state index is 11.9. The average Bonchev–Trinajstić information content (AvgIpc) is 2.09. The Balaban J connectivity index is 4.63. The lowest BCUT2D eigenvalue weighted by Gasteiger charge is -2.26. The molecule has 0 aliphatic heterocycles. The van der Waals surface area contributed by atoms with Gasteiger partial charge < -0.3 is 9.74 Å². The molecule has 0 heterocycles. The molecule has 4 nitrogen and oxygen atoms in total. The van der Waals surface area contributed by atoms with Crippen molar-refractivity contribution in [1.29, 1.82) is 0 Å². The van der Waals surface area contributed by atoms with Gasteiger partial charge in [0.15, 0.2) is 0 Å². The second kappa shape index (κ2) is 6.03. The highest BCUT2D eigenvalue weighted by Crippen LogP contribution is 2.13. The summed E-state index contributed by atoms with van der Waals surface area (Å²) in [5, 5.41) is 2.66. The van der Waals surface area contributed by atoms with Crippen molar-refractivity contribution >= 4 is 20.2 Å². The van der Waals surface area contributed by atoms with E-state index in [0.717, 1.165) is 6.42 Å². The highest BCUT2D eigenvalue weighted by atomic mass is 28.4. The average molecular weight is 245 g/mol. The number of nitrogens with one attached hydrogen (secondary N) is 1. The lowest BCUT2D eigenvalue weighted by Crippen LogP contribution is -2.48. The lowest BCUT2D eigenvalue weighted by molar-refractivity contribution is -0.141. The molecule has 2 atom stereocenters. The zero-order valence-corrected chi connectivity index (χ0v) is 12.1. The molecule has 0 radical (unpaired) electrons. The van der Waals surface area contributed by atoms with Crippen molar-refractivity contribution in [3.05, 3.63) is 0 Å². The predicted octanol–water partition coefficient (Wildman–Crippen LogP) is 1.92. The summed E-state index contributed by atoms with van der Waals surface area (Å²) in [6.07, 6.45) is 0.825. The van der Waals surface area contributed by atoms with Crippen LogP contribution in [0.3, 0.4) is 0 Å². The van der Waals surface area contributed by atoms with Gasteiger partial charge >= 0.3 is 5.97 Å². The SMILES string of the molecule is CCC(C)C(NC(C)=O)C(=O)O[Si](C)(C)C. The number of carbonyl (C=O) groups is 2. The maximum Gasteiger partial charge on any atom is 0.315 e. The molecule has 94 valence electrons. The first-order chi connectivity index (χ1) is 7.17. The van der Waals surface area contributed by atoms with E-state index in [9.17, 15) is 9.59 Å². The van der Waals surface area contributed by atoms with Crippen LogP contribution in [0.1, 0.15) is 27.2 Å². The highest BCUT2D eigenvalue weighted by molar-refractivity contribution is 6.71. The first-order valence-corrected chi connectivity index (χ1v) is 9.08. The molecule has 0 rings (SSSR count). The maximum atomic E-state index is 11.9. The second-order valence-electron chi connectivity index (χ2n) is 5.10. The van der Waals surface area contributed by atoms with Gasteiger partial charge in [0, 0.05) is 6.92 Å². The van der Waals surface area contributed by atoms with Crippen molar-refractivity contribution < 1.29 is 14.0 Å². The lowest BCUT2D eigenvalue weighted by atomic mass is 9.99. The van der Waals surface area contributed by atoms with E-state index < -0.39 is 14.4 Å². The molecule has 0 saturated carbocycles. The van der Waals surface area contributed by atoms with E-state index in [1.807, 2.05) is 33.5 Å². The van der Waals surface area contributed by atoms with Crippen molar-refractivity contribution in [1.82, 2.24) is 5.32 Å². The van der Waals surface area contributed by atoms with E-state index in [1.54, 1.807) is 0 Å². The van der Waals surface area contributed by atoms with Gasteiger partial charge in [0.1, 0.15) is 6.04 Å². The van der Waals surface area contributed by atoms with Crippen LogP contribution in [-0.4, -0.2) is 26.2 Å². The fourth-order valence-electron chi connectivity index (χ4n) is 1.25. The third-order valence-corrected chi connectivity index (χ3v) is 3.05. The summed E-state index contributed by atoms with van der Waals surface area (Å²) in [6, 6.07) is -0.519. The van der Waals surface area contributed by atoms with E-state index in [1.165, 1.54) is 6.92 Å². The zero-order chi connectivity index (χ0) is 12.9.